The van der Waals surface area contributed by atoms with Crippen LogP contribution in [-0.2, 0) is 16.4 Å². The Kier molecular flexibility index (Phi) is 4.12. The third kappa shape index (κ3) is 3.04. The number of hydrogen-bond donors (Lipinski definition) is 1. The quantitative estimate of drug-likeness (QED) is 0.548. The Morgan fingerprint density at radius 2 is 1.81 bits per heavy atom. The van der Waals surface area contributed by atoms with Crippen molar-refractivity contribution in [1.82, 2.24) is 4.98 Å². The Labute approximate surface area is 161 Å². The number of oxazole rings is 1. The van der Waals surface area contributed by atoms with Gasteiger partial charge in [-0.1, -0.05) is 23.2 Å². The van der Waals surface area contributed by atoms with Gasteiger partial charge < -0.3 is 9.73 Å². The fourth-order valence-electron chi connectivity index (χ4n) is 3.18. The largest absolute Gasteiger partial charge is 0.440 e. The highest BCUT2D eigenvalue weighted by Gasteiger charge is 2.52. The molecule has 0 radical (unpaired) electrons. The number of nitrogens with zero attached hydrogens (tertiary/aromatic N) is 1. The van der Waals surface area contributed by atoms with Crippen molar-refractivity contribution in [1.29, 1.82) is 0 Å². The minimum absolute atomic E-state index is 0.0533. The lowest BCUT2D eigenvalue weighted by molar-refractivity contribution is -0.137. The van der Waals surface area contributed by atoms with Crippen molar-refractivity contribution in [2.45, 2.75) is 24.4 Å². The van der Waals surface area contributed by atoms with E-state index in [1.807, 2.05) is 0 Å². The molecule has 0 saturated heterocycles. The zero-order valence-corrected chi connectivity index (χ0v) is 15.0. The van der Waals surface area contributed by atoms with Crippen LogP contribution < -0.4 is 5.32 Å². The first-order chi connectivity index (χ1) is 12.7. The van der Waals surface area contributed by atoms with Crippen LogP contribution >= 0.6 is 23.2 Å². The van der Waals surface area contributed by atoms with Gasteiger partial charge in [0.15, 0.2) is 5.58 Å². The highest BCUT2D eigenvalue weighted by molar-refractivity contribution is 6.37. The second-order valence-electron chi connectivity index (χ2n) is 6.36. The molecule has 0 spiro atoms. The topological polar surface area (TPSA) is 55.1 Å². The van der Waals surface area contributed by atoms with Gasteiger partial charge in [-0.25, -0.2) is 4.98 Å². The lowest BCUT2D eigenvalue weighted by Crippen LogP contribution is -2.11. The monoisotopic (exact) mass is 414 g/mol. The van der Waals surface area contributed by atoms with Crippen molar-refractivity contribution in [3.63, 3.8) is 0 Å². The van der Waals surface area contributed by atoms with Crippen LogP contribution in [0.1, 0.15) is 29.9 Å². The van der Waals surface area contributed by atoms with Crippen molar-refractivity contribution >= 4 is 46.4 Å². The summed E-state index contributed by atoms with van der Waals surface area (Å²) in [6.07, 6.45) is -2.67. The summed E-state index contributed by atoms with van der Waals surface area (Å²) in [6, 6.07) is 6.29. The van der Waals surface area contributed by atoms with E-state index < -0.39 is 17.2 Å². The molecular formula is C18H11Cl2F3N2O2. The van der Waals surface area contributed by atoms with E-state index in [1.165, 1.54) is 6.07 Å². The summed E-state index contributed by atoms with van der Waals surface area (Å²) in [5.41, 5.74) is -0.0845. The van der Waals surface area contributed by atoms with Gasteiger partial charge in [-0.05, 0) is 43.2 Å². The minimum Gasteiger partial charge on any atom is -0.440 e. The Morgan fingerprint density at radius 3 is 2.37 bits per heavy atom. The van der Waals surface area contributed by atoms with Gasteiger partial charge in [0.2, 0.25) is 12.3 Å². The van der Waals surface area contributed by atoms with Crippen LogP contribution in [0.25, 0.3) is 11.1 Å². The second kappa shape index (κ2) is 6.14. The predicted molar refractivity (Wildman–Crippen MR) is 95.2 cm³/mol. The zero-order valence-electron chi connectivity index (χ0n) is 13.5. The van der Waals surface area contributed by atoms with E-state index in [0.29, 0.717) is 46.1 Å². The molecule has 2 aromatic carbocycles. The number of aromatic nitrogens is 1. The Hall–Kier alpha value is -2.25. The van der Waals surface area contributed by atoms with E-state index in [-0.39, 0.29) is 11.5 Å². The van der Waals surface area contributed by atoms with Crippen LogP contribution in [0.2, 0.25) is 10.0 Å². The van der Waals surface area contributed by atoms with Crippen molar-refractivity contribution in [2.75, 3.05) is 5.32 Å². The molecule has 1 aliphatic carbocycles. The van der Waals surface area contributed by atoms with Gasteiger partial charge in [-0.2, -0.15) is 13.2 Å². The summed E-state index contributed by atoms with van der Waals surface area (Å²) >= 11 is 12.7. The standard InChI is InChI=1S/C18H11Cl2F3N2O2/c19-11-6-10(24-8-26)7-12(20)15(11)17(3-4-17)16-25-13-2-1-9(18(21,22)23)5-14(13)27-16/h1-2,5-8H,3-4H2,(H,24,26). The minimum atomic E-state index is -4.47. The normalized spacial score (nSPS) is 15.7. The highest BCUT2D eigenvalue weighted by atomic mass is 35.5. The van der Waals surface area contributed by atoms with Crippen LogP contribution in [0.4, 0.5) is 18.9 Å². The summed E-state index contributed by atoms with van der Waals surface area (Å²) in [7, 11) is 0. The third-order valence-corrected chi connectivity index (χ3v) is 5.22. The molecule has 1 amide bonds. The molecule has 140 valence electrons. The Balaban J connectivity index is 1.80. The first-order valence-corrected chi connectivity index (χ1v) is 8.68. The van der Waals surface area contributed by atoms with E-state index in [1.54, 1.807) is 12.1 Å². The molecule has 0 unspecified atom stereocenters. The maximum absolute atomic E-state index is 12.9. The van der Waals surface area contributed by atoms with Crippen LogP contribution in [0.3, 0.4) is 0 Å². The SMILES string of the molecule is O=CNc1cc(Cl)c(C2(c3nc4ccc(C(F)(F)F)cc4o3)CC2)c(Cl)c1. The fourth-order valence-corrected chi connectivity index (χ4v) is 4.03. The molecular weight excluding hydrogens is 404 g/mol. The summed E-state index contributed by atoms with van der Waals surface area (Å²) in [5, 5.41) is 3.12. The van der Waals surface area contributed by atoms with Gasteiger partial charge >= 0.3 is 6.18 Å². The molecule has 0 bridgehead atoms. The Morgan fingerprint density at radius 1 is 1.15 bits per heavy atom. The molecule has 1 aliphatic rings. The average Bonchev–Trinajstić information content (AvgIpc) is 3.24. The van der Waals surface area contributed by atoms with Gasteiger partial charge in [0.05, 0.1) is 11.0 Å². The zero-order chi connectivity index (χ0) is 19.4. The number of fused-ring (bicyclic) bond motifs is 1. The molecule has 1 aromatic heterocycles. The van der Waals surface area contributed by atoms with Crippen LogP contribution in [0.15, 0.2) is 34.7 Å². The van der Waals surface area contributed by atoms with Crippen molar-refractivity contribution in [3.05, 3.63) is 57.4 Å². The highest BCUT2D eigenvalue weighted by Crippen LogP contribution is 2.57. The van der Waals surface area contributed by atoms with Gasteiger partial charge in [0.25, 0.3) is 0 Å². The maximum Gasteiger partial charge on any atom is 0.416 e. The number of nitrogens with one attached hydrogen (secondary N) is 1. The van der Waals surface area contributed by atoms with E-state index >= 15 is 0 Å². The lowest BCUT2D eigenvalue weighted by Gasteiger charge is -2.16. The molecule has 3 aromatic rings. The van der Waals surface area contributed by atoms with Gasteiger partial charge in [0, 0.05) is 21.3 Å². The molecule has 4 nitrogen and oxygen atoms in total. The molecule has 9 heteroatoms. The van der Waals surface area contributed by atoms with Crippen LogP contribution in [-0.4, -0.2) is 11.4 Å². The summed E-state index contributed by atoms with van der Waals surface area (Å²) in [5.74, 6) is 0.275. The third-order valence-electron chi connectivity index (χ3n) is 4.62. The number of amides is 1. The molecule has 1 fully saturated rings. The summed E-state index contributed by atoms with van der Waals surface area (Å²) < 4.78 is 44.4. The van der Waals surface area contributed by atoms with E-state index in [0.717, 1.165) is 12.1 Å². The fraction of sp³-hybridized carbons (Fsp3) is 0.222. The van der Waals surface area contributed by atoms with E-state index in [2.05, 4.69) is 10.3 Å². The van der Waals surface area contributed by atoms with Crippen LogP contribution in [0.5, 0.6) is 0 Å². The van der Waals surface area contributed by atoms with E-state index in [9.17, 15) is 18.0 Å². The predicted octanol–water partition coefficient (Wildman–Crippen LogP) is 5.80. The van der Waals surface area contributed by atoms with Gasteiger partial charge in [-0.3, -0.25) is 4.79 Å². The first kappa shape index (κ1) is 18.1. The average molecular weight is 415 g/mol. The lowest BCUT2D eigenvalue weighted by atomic mass is 9.95. The van der Waals surface area contributed by atoms with Crippen molar-refractivity contribution in [2.24, 2.45) is 0 Å². The molecule has 1 N–H and O–H groups in total. The second-order valence-corrected chi connectivity index (χ2v) is 7.17. The molecule has 1 heterocycles. The number of anilines is 1. The number of benzene rings is 2. The molecule has 0 aliphatic heterocycles. The van der Waals surface area contributed by atoms with Crippen LogP contribution in [0, 0.1) is 0 Å². The van der Waals surface area contributed by atoms with Crippen molar-refractivity contribution < 1.29 is 22.4 Å². The Bertz CT molecular complexity index is 1040. The molecule has 1 saturated carbocycles. The molecule has 4 rings (SSSR count). The van der Waals surface area contributed by atoms with E-state index in [4.69, 9.17) is 27.6 Å². The maximum atomic E-state index is 12.9. The summed E-state index contributed by atoms with van der Waals surface area (Å²) in [4.78, 5) is 15.0. The summed E-state index contributed by atoms with van der Waals surface area (Å²) in [6.45, 7) is 0. The smallest absolute Gasteiger partial charge is 0.416 e. The van der Waals surface area contributed by atoms with Crippen molar-refractivity contribution in [3.8, 4) is 0 Å². The number of carbonyl (C=O) groups is 1. The van der Waals surface area contributed by atoms with Gasteiger partial charge in [0.1, 0.15) is 5.52 Å². The number of carbonyl (C=O) groups excluding carboxylic acids is 1. The molecule has 27 heavy (non-hydrogen) atoms. The first-order valence-electron chi connectivity index (χ1n) is 7.92. The number of hydrogen-bond acceptors (Lipinski definition) is 3. The number of halogens is 5. The number of alkyl halides is 3. The van der Waals surface area contributed by atoms with Gasteiger partial charge in [-0.15, -0.1) is 0 Å². The molecule has 0 atom stereocenters. The number of rotatable bonds is 4.